The van der Waals surface area contributed by atoms with E-state index in [4.69, 9.17) is 5.73 Å². The summed E-state index contributed by atoms with van der Waals surface area (Å²) in [7, 11) is 0. The van der Waals surface area contributed by atoms with Crippen LogP contribution in [-0.4, -0.2) is 30.1 Å². The first kappa shape index (κ1) is 15.4. The zero-order chi connectivity index (χ0) is 15.6. The van der Waals surface area contributed by atoms with Gasteiger partial charge in [-0.05, 0) is 44.7 Å². The summed E-state index contributed by atoms with van der Waals surface area (Å²) in [6.07, 6.45) is 1.79. The van der Waals surface area contributed by atoms with Crippen molar-refractivity contribution in [1.29, 1.82) is 0 Å². The van der Waals surface area contributed by atoms with Gasteiger partial charge in [0.05, 0.1) is 11.0 Å². The summed E-state index contributed by atoms with van der Waals surface area (Å²) >= 11 is 0. The molecule has 1 aliphatic rings. The highest BCUT2D eigenvalue weighted by Gasteiger charge is 2.39. The number of para-hydroxylation sites is 1. The number of rotatable bonds is 4. The molecule has 1 atom stereocenters. The maximum atomic E-state index is 11.6. The first-order valence-electron chi connectivity index (χ1n) is 7.21. The number of benzene rings is 1. The van der Waals surface area contributed by atoms with Crippen molar-refractivity contribution in [3.8, 4) is 0 Å². The number of carboxylic acid groups (broad SMARTS) is 1. The van der Waals surface area contributed by atoms with Gasteiger partial charge in [0.15, 0.2) is 0 Å². The number of aliphatic carboxylic acids is 1. The average molecular weight is 290 g/mol. The Morgan fingerprint density at radius 2 is 2.00 bits per heavy atom. The standard InChI is InChI=1S/C16H22N2O3/c1-16(2,15(20)21)11-6-5-9-18(10-11)13-8-4-3-7-12(13)14(17)19/h3-4,7-8,11H,5-6,9-10H2,1-2H3,(H2,17,19)(H,20,21). The van der Waals surface area contributed by atoms with Crippen molar-refractivity contribution < 1.29 is 14.7 Å². The predicted molar refractivity (Wildman–Crippen MR) is 81.3 cm³/mol. The summed E-state index contributed by atoms with van der Waals surface area (Å²) in [4.78, 5) is 25.1. The molecule has 1 fully saturated rings. The summed E-state index contributed by atoms with van der Waals surface area (Å²) in [5.74, 6) is -1.19. The fourth-order valence-corrected chi connectivity index (χ4v) is 2.92. The molecule has 0 spiro atoms. The summed E-state index contributed by atoms with van der Waals surface area (Å²) in [6, 6.07) is 7.24. The monoisotopic (exact) mass is 290 g/mol. The van der Waals surface area contributed by atoms with Gasteiger partial charge in [-0.15, -0.1) is 0 Å². The second-order valence-electron chi connectivity index (χ2n) is 6.19. The number of anilines is 1. The van der Waals surface area contributed by atoms with Crippen molar-refractivity contribution in [1.82, 2.24) is 0 Å². The fourth-order valence-electron chi connectivity index (χ4n) is 2.92. The number of nitrogens with zero attached hydrogens (tertiary/aromatic N) is 1. The summed E-state index contributed by atoms with van der Waals surface area (Å²) in [6.45, 7) is 4.98. The zero-order valence-corrected chi connectivity index (χ0v) is 12.5. The van der Waals surface area contributed by atoms with Crippen LogP contribution in [0.15, 0.2) is 24.3 Å². The molecule has 1 heterocycles. The number of nitrogens with two attached hydrogens (primary N) is 1. The molecule has 0 bridgehead atoms. The molecule has 1 unspecified atom stereocenters. The molecule has 1 aliphatic heterocycles. The Labute approximate surface area is 124 Å². The highest BCUT2D eigenvalue weighted by atomic mass is 16.4. The molecule has 0 radical (unpaired) electrons. The maximum Gasteiger partial charge on any atom is 0.309 e. The molecule has 114 valence electrons. The molecular formula is C16H22N2O3. The molecule has 1 aromatic carbocycles. The number of hydrogen-bond donors (Lipinski definition) is 2. The third kappa shape index (κ3) is 3.01. The van der Waals surface area contributed by atoms with Gasteiger partial charge in [0, 0.05) is 18.8 Å². The zero-order valence-electron chi connectivity index (χ0n) is 12.5. The van der Waals surface area contributed by atoms with Crippen LogP contribution in [0.4, 0.5) is 5.69 Å². The van der Waals surface area contributed by atoms with Gasteiger partial charge < -0.3 is 15.7 Å². The van der Waals surface area contributed by atoms with Gasteiger partial charge in [-0.25, -0.2) is 0 Å². The third-order valence-corrected chi connectivity index (χ3v) is 4.50. The Bertz CT molecular complexity index is 554. The Kier molecular flexibility index (Phi) is 4.21. The van der Waals surface area contributed by atoms with Gasteiger partial charge in [0.1, 0.15) is 0 Å². The van der Waals surface area contributed by atoms with Crippen molar-refractivity contribution in [3.05, 3.63) is 29.8 Å². The second kappa shape index (κ2) is 5.76. The van der Waals surface area contributed by atoms with Gasteiger partial charge in [-0.3, -0.25) is 9.59 Å². The van der Waals surface area contributed by atoms with Gasteiger partial charge in [-0.1, -0.05) is 12.1 Å². The van der Waals surface area contributed by atoms with E-state index in [2.05, 4.69) is 4.90 Å². The molecule has 21 heavy (non-hydrogen) atoms. The molecule has 0 aliphatic carbocycles. The van der Waals surface area contributed by atoms with E-state index in [1.54, 1.807) is 26.0 Å². The average Bonchev–Trinajstić information content (AvgIpc) is 2.47. The lowest BCUT2D eigenvalue weighted by Gasteiger charge is -2.40. The minimum atomic E-state index is -0.780. The molecule has 2 rings (SSSR count). The number of hydrogen-bond acceptors (Lipinski definition) is 3. The Balaban J connectivity index is 2.27. The number of amides is 1. The van der Waals surface area contributed by atoms with Gasteiger partial charge >= 0.3 is 5.97 Å². The third-order valence-electron chi connectivity index (χ3n) is 4.50. The lowest BCUT2D eigenvalue weighted by Crippen LogP contribution is -2.45. The quantitative estimate of drug-likeness (QED) is 0.889. The normalized spacial score (nSPS) is 19.3. The van der Waals surface area contributed by atoms with Crippen LogP contribution in [0.1, 0.15) is 37.0 Å². The number of piperidine rings is 1. The molecule has 0 saturated carbocycles. The van der Waals surface area contributed by atoms with E-state index in [9.17, 15) is 14.7 Å². The molecule has 5 nitrogen and oxygen atoms in total. The number of carbonyl (C=O) groups is 2. The summed E-state index contributed by atoms with van der Waals surface area (Å²) < 4.78 is 0. The largest absolute Gasteiger partial charge is 0.481 e. The molecule has 3 N–H and O–H groups in total. The Morgan fingerprint density at radius 1 is 1.33 bits per heavy atom. The van der Waals surface area contributed by atoms with Crippen molar-refractivity contribution in [3.63, 3.8) is 0 Å². The number of carbonyl (C=O) groups excluding carboxylic acids is 1. The van der Waals surface area contributed by atoms with Crippen LogP contribution >= 0.6 is 0 Å². The Hall–Kier alpha value is -2.04. The molecular weight excluding hydrogens is 268 g/mol. The van der Waals surface area contributed by atoms with Gasteiger partial charge in [0.25, 0.3) is 5.91 Å². The molecule has 5 heteroatoms. The summed E-state index contributed by atoms with van der Waals surface area (Å²) in [5, 5.41) is 9.40. The lowest BCUT2D eigenvalue weighted by molar-refractivity contribution is -0.150. The molecule has 1 amide bonds. The van der Waals surface area contributed by atoms with E-state index in [1.165, 1.54) is 0 Å². The van der Waals surface area contributed by atoms with E-state index in [0.717, 1.165) is 25.1 Å². The van der Waals surface area contributed by atoms with Crippen LogP contribution in [0.25, 0.3) is 0 Å². The van der Waals surface area contributed by atoms with E-state index in [-0.39, 0.29) is 5.92 Å². The van der Waals surface area contributed by atoms with Gasteiger partial charge in [0.2, 0.25) is 0 Å². The lowest BCUT2D eigenvalue weighted by atomic mass is 9.74. The summed E-state index contributed by atoms with van der Waals surface area (Å²) in [5.41, 5.74) is 5.95. The predicted octanol–water partition coefficient (Wildman–Crippen LogP) is 2.11. The highest BCUT2D eigenvalue weighted by molar-refractivity contribution is 5.98. The van der Waals surface area contributed by atoms with Crippen molar-refractivity contribution in [2.75, 3.05) is 18.0 Å². The van der Waals surface area contributed by atoms with Crippen molar-refractivity contribution >= 4 is 17.6 Å². The first-order chi connectivity index (χ1) is 9.84. The van der Waals surface area contributed by atoms with E-state index >= 15 is 0 Å². The number of primary amides is 1. The second-order valence-corrected chi connectivity index (χ2v) is 6.19. The smallest absolute Gasteiger partial charge is 0.309 e. The van der Waals surface area contributed by atoms with Crippen LogP contribution in [-0.2, 0) is 4.79 Å². The Morgan fingerprint density at radius 3 is 2.62 bits per heavy atom. The minimum absolute atomic E-state index is 0.0460. The van der Waals surface area contributed by atoms with Crippen LogP contribution in [0.5, 0.6) is 0 Å². The fraction of sp³-hybridized carbons (Fsp3) is 0.500. The van der Waals surface area contributed by atoms with Crippen LogP contribution in [0.2, 0.25) is 0 Å². The molecule has 1 aromatic rings. The van der Waals surface area contributed by atoms with Crippen molar-refractivity contribution in [2.45, 2.75) is 26.7 Å². The van der Waals surface area contributed by atoms with Gasteiger partial charge in [-0.2, -0.15) is 0 Å². The maximum absolute atomic E-state index is 11.6. The topological polar surface area (TPSA) is 83.6 Å². The van der Waals surface area contributed by atoms with E-state index < -0.39 is 17.3 Å². The number of carboxylic acids is 1. The van der Waals surface area contributed by atoms with E-state index in [1.807, 2.05) is 12.1 Å². The van der Waals surface area contributed by atoms with Crippen LogP contribution < -0.4 is 10.6 Å². The minimum Gasteiger partial charge on any atom is -0.481 e. The van der Waals surface area contributed by atoms with Crippen molar-refractivity contribution in [2.24, 2.45) is 17.1 Å². The molecule has 0 aromatic heterocycles. The van der Waals surface area contributed by atoms with Crippen LogP contribution in [0, 0.1) is 11.3 Å². The SMILES string of the molecule is CC(C)(C(=O)O)C1CCCN(c2ccccc2C(N)=O)C1. The highest BCUT2D eigenvalue weighted by Crippen LogP contribution is 2.36. The molecule has 1 saturated heterocycles. The van der Waals surface area contributed by atoms with E-state index in [0.29, 0.717) is 12.1 Å². The first-order valence-corrected chi connectivity index (χ1v) is 7.21. The van der Waals surface area contributed by atoms with Crippen LogP contribution in [0.3, 0.4) is 0 Å².